The molecule has 0 bridgehead atoms. The van der Waals surface area contributed by atoms with Gasteiger partial charge in [0.2, 0.25) is 5.91 Å². The van der Waals surface area contributed by atoms with Crippen LogP contribution in [0.2, 0.25) is 0 Å². The first-order valence-corrected chi connectivity index (χ1v) is 11.7. The van der Waals surface area contributed by atoms with Crippen LogP contribution in [0.15, 0.2) is 18.6 Å². The van der Waals surface area contributed by atoms with E-state index in [1.165, 1.54) is 32.2 Å². The number of carbonyl (C=O) groups is 1. The molecule has 3 rings (SSSR count). The van der Waals surface area contributed by atoms with Crippen molar-refractivity contribution >= 4 is 5.91 Å². The zero-order valence-electron chi connectivity index (χ0n) is 18.8. The summed E-state index contributed by atoms with van der Waals surface area (Å²) < 4.78 is 5.22. The lowest BCUT2D eigenvalue weighted by Crippen LogP contribution is -2.46. The number of nitrogens with zero attached hydrogens (tertiary/aromatic N) is 5. The molecule has 1 unspecified atom stereocenters. The first kappa shape index (κ1) is 23.1. The Labute approximate surface area is 181 Å². The average Bonchev–Trinajstić information content (AvgIpc) is 3.24. The van der Waals surface area contributed by atoms with E-state index < -0.39 is 0 Å². The molecule has 1 aromatic rings. The quantitative estimate of drug-likeness (QED) is 0.549. The van der Waals surface area contributed by atoms with Crippen molar-refractivity contribution in [3.63, 3.8) is 0 Å². The zero-order valence-corrected chi connectivity index (χ0v) is 18.8. The Kier molecular flexibility index (Phi) is 9.49. The molecule has 2 fully saturated rings. The molecule has 3 heterocycles. The SMILES string of the molecule is CCN1CCCC1CN(CC1CCN(CCOC)CC1)C(=O)CCc1cnccn1. The van der Waals surface area contributed by atoms with Crippen molar-refractivity contribution in [1.29, 1.82) is 0 Å². The number of carbonyl (C=O) groups excluding carboxylic acids is 1. The average molecular weight is 418 g/mol. The van der Waals surface area contributed by atoms with Crippen molar-refractivity contribution in [1.82, 2.24) is 24.7 Å². The molecule has 0 aromatic carbocycles. The van der Waals surface area contributed by atoms with Gasteiger partial charge in [-0.1, -0.05) is 6.92 Å². The van der Waals surface area contributed by atoms with E-state index in [9.17, 15) is 4.79 Å². The highest BCUT2D eigenvalue weighted by molar-refractivity contribution is 5.76. The van der Waals surface area contributed by atoms with Crippen LogP contribution in [0, 0.1) is 5.92 Å². The Morgan fingerprint density at radius 3 is 2.73 bits per heavy atom. The number of rotatable bonds is 11. The highest BCUT2D eigenvalue weighted by Crippen LogP contribution is 2.22. The molecule has 2 aliphatic heterocycles. The normalized spacial score (nSPS) is 21.2. The van der Waals surface area contributed by atoms with E-state index in [-0.39, 0.29) is 5.91 Å². The standard InChI is InChI=1S/C23H39N5O2/c1-3-27-12-4-5-22(27)19-28(23(29)7-6-21-17-24-10-11-25-21)18-20-8-13-26(14-9-20)15-16-30-2/h10-11,17,20,22H,3-9,12-16,18-19H2,1-2H3. The van der Waals surface area contributed by atoms with Gasteiger partial charge in [-0.15, -0.1) is 0 Å². The number of piperidine rings is 1. The highest BCUT2D eigenvalue weighted by atomic mass is 16.5. The summed E-state index contributed by atoms with van der Waals surface area (Å²) in [5.74, 6) is 0.867. The van der Waals surface area contributed by atoms with Crippen LogP contribution in [0.25, 0.3) is 0 Å². The first-order chi connectivity index (χ1) is 14.7. The van der Waals surface area contributed by atoms with Crippen molar-refractivity contribution in [2.45, 2.75) is 51.5 Å². The van der Waals surface area contributed by atoms with Crippen LogP contribution in [0.3, 0.4) is 0 Å². The van der Waals surface area contributed by atoms with E-state index in [1.54, 1.807) is 25.7 Å². The fourth-order valence-corrected chi connectivity index (χ4v) is 4.83. The fraction of sp³-hybridized carbons (Fsp3) is 0.783. The molecule has 30 heavy (non-hydrogen) atoms. The molecule has 0 aliphatic carbocycles. The van der Waals surface area contributed by atoms with Crippen LogP contribution in [-0.4, -0.2) is 96.1 Å². The van der Waals surface area contributed by atoms with Gasteiger partial charge in [-0.25, -0.2) is 0 Å². The second kappa shape index (κ2) is 12.3. The lowest BCUT2D eigenvalue weighted by atomic mass is 9.95. The van der Waals surface area contributed by atoms with Crippen molar-refractivity contribution in [3.05, 3.63) is 24.3 Å². The number of likely N-dealkylation sites (tertiary alicyclic amines) is 2. The molecule has 0 saturated carbocycles. The van der Waals surface area contributed by atoms with Crippen molar-refractivity contribution < 1.29 is 9.53 Å². The third kappa shape index (κ3) is 7.00. The van der Waals surface area contributed by atoms with Crippen LogP contribution in [0.4, 0.5) is 0 Å². The van der Waals surface area contributed by atoms with E-state index in [0.717, 1.165) is 51.6 Å². The fourth-order valence-electron chi connectivity index (χ4n) is 4.83. The maximum Gasteiger partial charge on any atom is 0.223 e. The number of hydrogen-bond acceptors (Lipinski definition) is 6. The zero-order chi connectivity index (χ0) is 21.2. The summed E-state index contributed by atoms with van der Waals surface area (Å²) in [4.78, 5) is 28.9. The van der Waals surface area contributed by atoms with E-state index in [4.69, 9.17) is 4.74 Å². The summed E-state index contributed by atoms with van der Waals surface area (Å²) in [7, 11) is 1.76. The largest absolute Gasteiger partial charge is 0.383 e. The van der Waals surface area contributed by atoms with Crippen LogP contribution in [0.1, 0.15) is 44.7 Å². The van der Waals surface area contributed by atoms with Crippen molar-refractivity contribution in [3.8, 4) is 0 Å². The Hall–Kier alpha value is -1.57. The molecule has 168 valence electrons. The third-order valence-corrected chi connectivity index (χ3v) is 6.70. The van der Waals surface area contributed by atoms with Gasteiger partial charge in [-0.05, 0) is 64.2 Å². The molecule has 1 amide bonds. The van der Waals surface area contributed by atoms with Gasteiger partial charge in [0.05, 0.1) is 12.3 Å². The molecule has 2 saturated heterocycles. The second-order valence-electron chi connectivity index (χ2n) is 8.70. The minimum atomic E-state index is 0.269. The molecular weight excluding hydrogens is 378 g/mol. The Morgan fingerprint density at radius 1 is 1.20 bits per heavy atom. The number of ether oxygens (including phenoxy) is 1. The molecular formula is C23H39N5O2. The number of aryl methyl sites for hydroxylation is 1. The van der Waals surface area contributed by atoms with Gasteiger partial charge in [0.25, 0.3) is 0 Å². The smallest absolute Gasteiger partial charge is 0.223 e. The Morgan fingerprint density at radius 2 is 2.03 bits per heavy atom. The van der Waals surface area contributed by atoms with Crippen LogP contribution in [0.5, 0.6) is 0 Å². The van der Waals surface area contributed by atoms with Gasteiger partial charge in [-0.2, -0.15) is 0 Å². The summed E-state index contributed by atoms with van der Waals surface area (Å²) in [6.45, 7) is 10.3. The lowest BCUT2D eigenvalue weighted by Gasteiger charge is -2.36. The maximum absolute atomic E-state index is 13.2. The predicted octanol–water partition coefficient (Wildman–Crippen LogP) is 2.08. The van der Waals surface area contributed by atoms with E-state index in [0.29, 0.717) is 24.8 Å². The highest BCUT2D eigenvalue weighted by Gasteiger charge is 2.29. The molecule has 7 heteroatoms. The summed E-state index contributed by atoms with van der Waals surface area (Å²) in [6.07, 6.45) is 11.1. The van der Waals surface area contributed by atoms with E-state index in [2.05, 4.69) is 31.6 Å². The van der Waals surface area contributed by atoms with E-state index in [1.807, 2.05) is 0 Å². The topological polar surface area (TPSA) is 61.8 Å². The molecule has 1 aromatic heterocycles. The molecule has 7 nitrogen and oxygen atoms in total. The molecule has 0 spiro atoms. The van der Waals surface area contributed by atoms with Crippen molar-refractivity contribution in [2.75, 3.05) is 59.5 Å². The minimum Gasteiger partial charge on any atom is -0.383 e. The van der Waals surface area contributed by atoms with Gasteiger partial charge in [0, 0.05) is 57.8 Å². The summed E-state index contributed by atoms with van der Waals surface area (Å²) in [5.41, 5.74) is 0.897. The minimum absolute atomic E-state index is 0.269. The number of hydrogen-bond donors (Lipinski definition) is 0. The summed E-state index contributed by atoms with van der Waals surface area (Å²) >= 11 is 0. The summed E-state index contributed by atoms with van der Waals surface area (Å²) in [6, 6.07) is 0.511. The second-order valence-corrected chi connectivity index (χ2v) is 8.70. The Balaban J connectivity index is 1.55. The van der Waals surface area contributed by atoms with Crippen molar-refractivity contribution in [2.24, 2.45) is 5.92 Å². The van der Waals surface area contributed by atoms with Gasteiger partial charge < -0.3 is 14.5 Å². The maximum atomic E-state index is 13.2. The third-order valence-electron chi connectivity index (χ3n) is 6.70. The molecule has 2 aliphatic rings. The first-order valence-electron chi connectivity index (χ1n) is 11.7. The van der Waals surface area contributed by atoms with E-state index >= 15 is 0 Å². The molecule has 1 atom stereocenters. The number of likely N-dealkylation sites (N-methyl/N-ethyl adjacent to an activating group) is 1. The number of amides is 1. The Bertz CT molecular complexity index is 621. The predicted molar refractivity (Wildman–Crippen MR) is 118 cm³/mol. The van der Waals surface area contributed by atoms with Crippen LogP contribution >= 0.6 is 0 Å². The van der Waals surface area contributed by atoms with Crippen LogP contribution in [-0.2, 0) is 16.0 Å². The van der Waals surface area contributed by atoms with Crippen LogP contribution < -0.4 is 0 Å². The lowest BCUT2D eigenvalue weighted by molar-refractivity contribution is -0.132. The number of aromatic nitrogens is 2. The van der Waals surface area contributed by atoms with Gasteiger partial charge in [0.15, 0.2) is 0 Å². The van der Waals surface area contributed by atoms with Gasteiger partial charge >= 0.3 is 0 Å². The molecule has 0 N–H and O–H groups in total. The number of methoxy groups -OCH3 is 1. The monoisotopic (exact) mass is 417 g/mol. The summed E-state index contributed by atoms with van der Waals surface area (Å²) in [5, 5.41) is 0. The molecule has 0 radical (unpaired) electrons. The van der Waals surface area contributed by atoms with Gasteiger partial charge in [0.1, 0.15) is 0 Å². The van der Waals surface area contributed by atoms with Gasteiger partial charge in [-0.3, -0.25) is 19.7 Å².